The molecule has 4 aromatic rings. The molecule has 1 saturated heterocycles. The fraction of sp³-hybridized carbons (Fsp3) is 0.333. The molecule has 5 rings (SSSR count). The summed E-state index contributed by atoms with van der Waals surface area (Å²) in [4.78, 5) is 21.4. The van der Waals surface area contributed by atoms with E-state index >= 15 is 0 Å². The summed E-state index contributed by atoms with van der Waals surface area (Å²) in [5.74, 6) is 0.202. The molecule has 164 valence electrons. The van der Waals surface area contributed by atoms with E-state index in [1.807, 2.05) is 66.5 Å². The molecular formula is C24H27N7O. The van der Waals surface area contributed by atoms with Crippen LogP contribution < -0.4 is 4.90 Å². The van der Waals surface area contributed by atoms with Crippen LogP contribution >= 0.6 is 0 Å². The summed E-state index contributed by atoms with van der Waals surface area (Å²) in [5.41, 5.74) is 6.44. The number of amides is 1. The largest absolute Gasteiger partial charge is 0.365 e. The number of carbonyl (C=O) groups excluding carboxylic acids is 1. The highest BCUT2D eigenvalue weighted by atomic mass is 16.2. The molecule has 32 heavy (non-hydrogen) atoms. The maximum atomic E-state index is 12.7. The fourth-order valence-corrected chi connectivity index (χ4v) is 4.19. The van der Waals surface area contributed by atoms with Crippen molar-refractivity contribution in [3.05, 3.63) is 66.5 Å². The average molecular weight is 430 g/mol. The Balaban J connectivity index is 1.21. The average Bonchev–Trinajstić information content (AvgIpc) is 3.44. The Hall–Kier alpha value is -3.68. The third kappa shape index (κ3) is 4.08. The van der Waals surface area contributed by atoms with E-state index in [1.54, 1.807) is 4.68 Å². The number of hydrogen-bond acceptors (Lipinski definition) is 5. The van der Waals surface area contributed by atoms with Gasteiger partial charge in [-0.25, -0.2) is 4.52 Å². The molecule has 0 aromatic carbocycles. The van der Waals surface area contributed by atoms with Crippen molar-refractivity contribution in [1.82, 2.24) is 29.3 Å². The SMILES string of the molecule is Cc1ccc(CCC(=O)N2CCN(c3cnn4cc(-c5cnn(C)c5)ccc34)CC2)nc1. The second-order valence-corrected chi connectivity index (χ2v) is 8.37. The number of carbonyl (C=O) groups is 1. The number of aromatic nitrogens is 5. The van der Waals surface area contributed by atoms with Gasteiger partial charge in [-0.05, 0) is 31.0 Å². The molecule has 8 nitrogen and oxygen atoms in total. The molecule has 0 saturated carbocycles. The standard InChI is InChI=1S/C24H27N7O/c1-18-3-5-21(25-13-18)6-8-24(32)30-11-9-29(10-12-30)23-15-27-31-17-19(4-7-22(23)31)20-14-26-28(2)16-20/h3-5,7,13-17H,6,8-12H2,1-2H3. The summed E-state index contributed by atoms with van der Waals surface area (Å²) in [6.45, 7) is 5.09. The molecule has 0 spiro atoms. The first-order valence-electron chi connectivity index (χ1n) is 11.0. The van der Waals surface area contributed by atoms with Crippen molar-refractivity contribution in [3.63, 3.8) is 0 Å². The van der Waals surface area contributed by atoms with Crippen LogP contribution in [0.15, 0.2) is 55.2 Å². The number of piperazine rings is 1. The number of pyridine rings is 2. The van der Waals surface area contributed by atoms with Gasteiger partial charge in [0, 0.05) is 75.1 Å². The smallest absolute Gasteiger partial charge is 0.223 e. The number of anilines is 1. The molecule has 0 unspecified atom stereocenters. The Morgan fingerprint density at radius 2 is 1.78 bits per heavy atom. The van der Waals surface area contributed by atoms with E-state index < -0.39 is 0 Å². The maximum absolute atomic E-state index is 12.7. The first kappa shape index (κ1) is 20.2. The minimum atomic E-state index is 0.202. The molecular weight excluding hydrogens is 402 g/mol. The first-order valence-corrected chi connectivity index (χ1v) is 11.0. The summed E-state index contributed by atoms with van der Waals surface area (Å²) in [7, 11) is 1.91. The predicted octanol–water partition coefficient (Wildman–Crippen LogP) is 2.72. The van der Waals surface area contributed by atoms with Gasteiger partial charge in [0.2, 0.25) is 5.91 Å². The fourth-order valence-electron chi connectivity index (χ4n) is 4.19. The lowest BCUT2D eigenvalue weighted by Crippen LogP contribution is -2.48. The molecule has 1 aliphatic heterocycles. The monoisotopic (exact) mass is 429 g/mol. The van der Waals surface area contributed by atoms with Gasteiger partial charge in [-0.3, -0.25) is 14.5 Å². The lowest BCUT2D eigenvalue weighted by Gasteiger charge is -2.35. The number of rotatable bonds is 5. The second kappa shape index (κ2) is 8.45. The van der Waals surface area contributed by atoms with Gasteiger partial charge < -0.3 is 9.80 Å². The molecule has 4 aromatic heterocycles. The van der Waals surface area contributed by atoms with Gasteiger partial charge >= 0.3 is 0 Å². The van der Waals surface area contributed by atoms with E-state index in [4.69, 9.17) is 0 Å². The maximum Gasteiger partial charge on any atom is 0.223 e. The second-order valence-electron chi connectivity index (χ2n) is 8.37. The van der Waals surface area contributed by atoms with Crippen molar-refractivity contribution in [2.24, 2.45) is 7.05 Å². The van der Waals surface area contributed by atoms with Crippen LogP contribution in [0, 0.1) is 6.92 Å². The number of hydrogen-bond donors (Lipinski definition) is 0. The highest BCUT2D eigenvalue weighted by Crippen LogP contribution is 2.26. The number of nitrogens with zero attached hydrogens (tertiary/aromatic N) is 7. The van der Waals surface area contributed by atoms with Gasteiger partial charge in [0.25, 0.3) is 0 Å². The summed E-state index contributed by atoms with van der Waals surface area (Å²) in [5, 5.41) is 8.82. The van der Waals surface area contributed by atoms with E-state index in [0.29, 0.717) is 12.8 Å². The van der Waals surface area contributed by atoms with E-state index in [0.717, 1.165) is 59.8 Å². The topological polar surface area (TPSA) is 71.6 Å². The van der Waals surface area contributed by atoms with Crippen molar-refractivity contribution < 1.29 is 4.79 Å². The van der Waals surface area contributed by atoms with Gasteiger partial charge in [-0.2, -0.15) is 10.2 Å². The van der Waals surface area contributed by atoms with Crippen LogP contribution in [0.3, 0.4) is 0 Å². The number of aryl methyl sites for hydroxylation is 3. The van der Waals surface area contributed by atoms with Crippen LogP contribution in [-0.4, -0.2) is 61.4 Å². The lowest BCUT2D eigenvalue weighted by atomic mass is 10.1. The normalized spacial score (nSPS) is 14.3. The molecule has 8 heteroatoms. The van der Waals surface area contributed by atoms with E-state index in [-0.39, 0.29) is 5.91 Å². The molecule has 1 amide bonds. The molecule has 0 bridgehead atoms. The van der Waals surface area contributed by atoms with Crippen LogP contribution in [0.4, 0.5) is 5.69 Å². The third-order valence-corrected chi connectivity index (χ3v) is 6.07. The minimum absolute atomic E-state index is 0.202. The van der Waals surface area contributed by atoms with Crippen LogP contribution in [0.5, 0.6) is 0 Å². The van der Waals surface area contributed by atoms with E-state index in [1.165, 1.54) is 0 Å². The quantitative estimate of drug-likeness (QED) is 0.488. The summed E-state index contributed by atoms with van der Waals surface area (Å²) >= 11 is 0. The highest BCUT2D eigenvalue weighted by Gasteiger charge is 2.23. The van der Waals surface area contributed by atoms with Crippen LogP contribution in [-0.2, 0) is 18.3 Å². The molecule has 0 atom stereocenters. The molecule has 0 N–H and O–H groups in total. The summed E-state index contributed by atoms with van der Waals surface area (Å²) < 4.78 is 3.72. The van der Waals surface area contributed by atoms with Crippen molar-refractivity contribution >= 4 is 17.1 Å². The Kier molecular flexibility index (Phi) is 5.34. The van der Waals surface area contributed by atoms with Crippen molar-refractivity contribution in [1.29, 1.82) is 0 Å². The van der Waals surface area contributed by atoms with Crippen LogP contribution in [0.25, 0.3) is 16.6 Å². The Bertz CT molecular complexity index is 1230. The predicted molar refractivity (Wildman–Crippen MR) is 123 cm³/mol. The Labute approximate surface area is 187 Å². The molecule has 1 fully saturated rings. The van der Waals surface area contributed by atoms with Gasteiger partial charge in [-0.1, -0.05) is 12.1 Å². The number of fused-ring (bicyclic) bond motifs is 1. The minimum Gasteiger partial charge on any atom is -0.365 e. The summed E-state index contributed by atoms with van der Waals surface area (Å²) in [6.07, 6.45) is 10.9. The highest BCUT2D eigenvalue weighted by molar-refractivity contribution is 5.78. The van der Waals surface area contributed by atoms with Gasteiger partial charge in [0.1, 0.15) is 0 Å². The van der Waals surface area contributed by atoms with Crippen molar-refractivity contribution in [3.8, 4) is 11.1 Å². The molecule has 0 radical (unpaired) electrons. The Morgan fingerprint density at radius 1 is 0.938 bits per heavy atom. The zero-order valence-electron chi connectivity index (χ0n) is 18.5. The van der Waals surface area contributed by atoms with E-state index in [2.05, 4.69) is 32.2 Å². The Morgan fingerprint density at radius 3 is 2.50 bits per heavy atom. The van der Waals surface area contributed by atoms with Gasteiger partial charge in [0.15, 0.2) is 0 Å². The van der Waals surface area contributed by atoms with Crippen LogP contribution in [0.1, 0.15) is 17.7 Å². The zero-order valence-corrected chi connectivity index (χ0v) is 18.5. The van der Waals surface area contributed by atoms with Gasteiger partial charge in [0.05, 0.1) is 23.6 Å². The van der Waals surface area contributed by atoms with Gasteiger partial charge in [-0.15, -0.1) is 0 Å². The van der Waals surface area contributed by atoms with Crippen molar-refractivity contribution in [2.45, 2.75) is 19.8 Å². The molecule has 5 heterocycles. The van der Waals surface area contributed by atoms with Crippen molar-refractivity contribution in [2.75, 3.05) is 31.1 Å². The molecule has 0 aliphatic carbocycles. The lowest BCUT2D eigenvalue weighted by molar-refractivity contribution is -0.131. The summed E-state index contributed by atoms with van der Waals surface area (Å²) in [6, 6.07) is 8.26. The molecule has 1 aliphatic rings. The first-order chi connectivity index (χ1) is 15.6. The van der Waals surface area contributed by atoms with Crippen LogP contribution in [0.2, 0.25) is 0 Å². The zero-order chi connectivity index (χ0) is 22.1. The third-order valence-electron chi connectivity index (χ3n) is 6.07. The van der Waals surface area contributed by atoms with E-state index in [9.17, 15) is 4.79 Å².